The van der Waals surface area contributed by atoms with Crippen molar-refractivity contribution in [3.63, 3.8) is 0 Å². The maximum atomic E-state index is 10.6. The predicted molar refractivity (Wildman–Crippen MR) is 249 cm³/mol. The molecule has 66 heavy (non-hydrogen) atoms. The van der Waals surface area contributed by atoms with Crippen LogP contribution in [-0.2, 0) is 46.4 Å². The monoisotopic (exact) mass is 939 g/mol. The number of aromatic nitrogens is 1. The van der Waals surface area contributed by atoms with Crippen molar-refractivity contribution < 1.29 is 69.3 Å². The molecular formula is C44H74N8O14. The molecule has 374 valence electrons. The molecule has 22 heteroatoms. The van der Waals surface area contributed by atoms with Crippen molar-refractivity contribution in [2.75, 3.05) is 13.1 Å². The average Bonchev–Trinajstić information content (AvgIpc) is 3.93. The summed E-state index contributed by atoms with van der Waals surface area (Å²) in [5, 5.41) is 61.9. The van der Waals surface area contributed by atoms with Gasteiger partial charge in [-0.25, -0.2) is 0 Å². The Balaban J connectivity index is -0.000000719. The fourth-order valence-electron chi connectivity index (χ4n) is 4.98. The van der Waals surface area contributed by atoms with Crippen molar-refractivity contribution in [2.24, 2.45) is 52.2 Å². The summed E-state index contributed by atoms with van der Waals surface area (Å²) in [4.78, 5) is 73.7. The summed E-state index contributed by atoms with van der Waals surface area (Å²) in [6, 6.07) is 13.1. The molecule has 2 aromatic carbocycles. The summed E-state index contributed by atoms with van der Waals surface area (Å²) < 4.78 is 0. The number of H-pyrrole nitrogens is 1. The van der Waals surface area contributed by atoms with Crippen LogP contribution in [0.5, 0.6) is 0 Å². The number of aliphatic carboxylic acids is 7. The zero-order valence-corrected chi connectivity index (χ0v) is 38.6. The first-order valence-electron chi connectivity index (χ1n) is 21.0. The van der Waals surface area contributed by atoms with Gasteiger partial charge in [-0.1, -0.05) is 90.1 Å². The van der Waals surface area contributed by atoms with E-state index in [0.717, 1.165) is 41.4 Å². The van der Waals surface area contributed by atoms with E-state index in [1.54, 1.807) is 13.8 Å². The average molecular weight is 939 g/mol. The first kappa shape index (κ1) is 64.3. The van der Waals surface area contributed by atoms with Gasteiger partial charge in [0.2, 0.25) is 0 Å². The molecule has 4 rings (SSSR count). The van der Waals surface area contributed by atoms with Crippen LogP contribution in [0.2, 0.25) is 0 Å². The zero-order valence-electron chi connectivity index (χ0n) is 38.6. The number of para-hydroxylation sites is 1. The highest BCUT2D eigenvalue weighted by molar-refractivity contribution is 5.84. The Kier molecular flexibility index (Phi) is 35.3. The highest BCUT2D eigenvalue weighted by Crippen LogP contribution is 2.18. The van der Waals surface area contributed by atoms with Gasteiger partial charge in [-0.15, -0.1) is 0 Å². The molecule has 2 heterocycles. The molecule has 6 atom stereocenters. The number of aromatic amines is 1. The minimum absolute atomic E-state index is 0.0208. The van der Waals surface area contributed by atoms with Crippen molar-refractivity contribution in [1.29, 1.82) is 0 Å². The number of carboxylic acids is 7. The number of nitrogens with two attached hydrogens (primary N) is 6. The van der Waals surface area contributed by atoms with Crippen molar-refractivity contribution >= 4 is 52.7 Å². The van der Waals surface area contributed by atoms with Gasteiger partial charge in [0, 0.05) is 23.5 Å². The van der Waals surface area contributed by atoms with E-state index in [2.05, 4.69) is 16.0 Å². The summed E-state index contributed by atoms with van der Waals surface area (Å²) in [5.74, 6) is -5.64. The van der Waals surface area contributed by atoms with Crippen LogP contribution in [0.15, 0.2) is 60.8 Å². The molecule has 0 radical (unpaired) electrons. The Morgan fingerprint density at radius 3 is 1.33 bits per heavy atom. The summed E-state index contributed by atoms with van der Waals surface area (Å²) in [5.41, 5.74) is 33.9. The van der Waals surface area contributed by atoms with Crippen LogP contribution in [0.1, 0.15) is 78.4 Å². The summed E-state index contributed by atoms with van der Waals surface area (Å²) in [6.45, 7) is 11.9. The van der Waals surface area contributed by atoms with E-state index in [0.29, 0.717) is 37.5 Å². The number of hydrogen-bond donors (Lipinski definition) is 15. The van der Waals surface area contributed by atoms with E-state index in [1.807, 2.05) is 88.5 Å². The van der Waals surface area contributed by atoms with Crippen molar-refractivity contribution in [3.8, 4) is 0 Å². The van der Waals surface area contributed by atoms with Gasteiger partial charge in [-0.05, 0) is 73.6 Å². The second-order valence-corrected chi connectivity index (χ2v) is 16.0. The lowest BCUT2D eigenvalue weighted by Gasteiger charge is -2.07. The van der Waals surface area contributed by atoms with Crippen LogP contribution >= 0.6 is 0 Å². The maximum Gasteiger partial charge on any atom is 0.320 e. The second kappa shape index (κ2) is 36.2. The number of hydrogen-bond acceptors (Lipinski definition) is 14. The molecule has 0 aliphatic carbocycles. The van der Waals surface area contributed by atoms with Gasteiger partial charge in [0.25, 0.3) is 0 Å². The Morgan fingerprint density at radius 2 is 1.03 bits per heavy atom. The SMILES string of the molecule is CC(C)C[C@H](N)C(=O)O.CC(C)C[C@H](N)C(=O)O.CC(C)[C@H](N)C(=O)O.NCC(=O)O.N[C@@H](Cc1c[nH]c2ccccc12)C(=O)O.N[C@@H](Cc1ccccc1)C(=O)O.O=C(O)[C@@H]1CCCN1. The van der Waals surface area contributed by atoms with Crippen molar-refractivity contribution in [1.82, 2.24) is 10.3 Å². The third-order valence-corrected chi connectivity index (χ3v) is 8.67. The number of rotatable bonds is 16. The van der Waals surface area contributed by atoms with Gasteiger partial charge in [-0.2, -0.15) is 0 Å². The lowest BCUT2D eigenvalue weighted by molar-refractivity contribution is -0.140. The fourth-order valence-corrected chi connectivity index (χ4v) is 4.98. The number of fused-ring (bicyclic) bond motifs is 1. The molecule has 0 spiro atoms. The first-order valence-corrected chi connectivity index (χ1v) is 21.0. The lowest BCUT2D eigenvalue weighted by Crippen LogP contribution is -2.34. The van der Waals surface area contributed by atoms with E-state index in [4.69, 9.17) is 64.4 Å². The molecule has 1 fully saturated rings. The number of carboxylic acid groups (broad SMARTS) is 7. The molecule has 22 nitrogen and oxygen atoms in total. The van der Waals surface area contributed by atoms with E-state index in [9.17, 15) is 33.6 Å². The zero-order chi connectivity index (χ0) is 51.7. The minimum Gasteiger partial charge on any atom is -0.480 e. The van der Waals surface area contributed by atoms with E-state index < -0.39 is 72.0 Å². The third kappa shape index (κ3) is 33.5. The summed E-state index contributed by atoms with van der Waals surface area (Å²) >= 11 is 0. The Morgan fingerprint density at radius 1 is 0.606 bits per heavy atom. The molecule has 1 aromatic heterocycles. The Bertz CT molecular complexity index is 1820. The standard InChI is InChI=1S/C11H12N2O2.C9H11NO2.2C6H13NO2.C5H9NO2.C5H11NO2.C2H5NO2/c12-9(11(14)15)5-7-6-13-10-4-2-1-3-8(7)10;10-8(9(11)12)6-7-4-2-1-3-5-7;2*1-4(2)3-5(7)6(8)9;7-5(8)4-2-1-3-6-4;1-3(2)4(6)5(7)8;3-1-2(4)5/h1-4,6,9,13H,5,12H2,(H,14,15);1-5,8H,6,10H2,(H,11,12);2*4-5H,3,7H2,1-2H3,(H,8,9);4,6H,1-3H2,(H,7,8);3-4H,6H2,1-2H3,(H,7,8);1,3H2,(H,4,5)/t9-;8-;2*5-;2*4-;/m000000./s1. The molecule has 0 saturated carbocycles. The quantitative estimate of drug-likeness (QED) is 0.0968. The highest BCUT2D eigenvalue weighted by atomic mass is 16.4. The molecule has 0 bridgehead atoms. The van der Waals surface area contributed by atoms with Crippen molar-refractivity contribution in [3.05, 3.63) is 71.9 Å². The van der Waals surface area contributed by atoms with Crippen LogP contribution in [0.25, 0.3) is 10.9 Å². The molecule has 1 aliphatic rings. The smallest absolute Gasteiger partial charge is 0.320 e. The summed E-state index contributed by atoms with van der Waals surface area (Å²) in [6.07, 6.45) is 5.43. The van der Waals surface area contributed by atoms with Crippen molar-refractivity contribution in [2.45, 2.75) is 116 Å². The topological polar surface area (TPSA) is 445 Å². The van der Waals surface area contributed by atoms with E-state index in [1.165, 1.54) is 0 Å². The van der Waals surface area contributed by atoms with Crippen LogP contribution in [0.3, 0.4) is 0 Å². The molecule has 0 amide bonds. The molecule has 3 aromatic rings. The van der Waals surface area contributed by atoms with Gasteiger partial charge >= 0.3 is 41.8 Å². The Labute approximate surface area is 385 Å². The van der Waals surface area contributed by atoms with Gasteiger partial charge in [0.05, 0.1) is 6.54 Å². The molecule has 1 aliphatic heterocycles. The van der Waals surface area contributed by atoms with Gasteiger partial charge < -0.3 is 80.4 Å². The Hall–Kier alpha value is -6.01. The maximum absolute atomic E-state index is 10.6. The largest absolute Gasteiger partial charge is 0.480 e. The predicted octanol–water partition coefficient (Wildman–Crippen LogP) is 1.56. The normalized spacial score (nSPS) is 14.6. The first-order chi connectivity index (χ1) is 30.6. The van der Waals surface area contributed by atoms with Gasteiger partial charge in [0.1, 0.15) is 36.3 Å². The molecule has 21 N–H and O–H groups in total. The van der Waals surface area contributed by atoms with Gasteiger partial charge in [-0.3, -0.25) is 33.6 Å². The van der Waals surface area contributed by atoms with E-state index >= 15 is 0 Å². The van der Waals surface area contributed by atoms with Crippen LogP contribution < -0.4 is 39.7 Å². The number of nitrogens with one attached hydrogen (secondary N) is 2. The van der Waals surface area contributed by atoms with Gasteiger partial charge in [0.15, 0.2) is 0 Å². The number of carbonyl (C=O) groups is 7. The third-order valence-electron chi connectivity index (χ3n) is 8.67. The molecule has 1 saturated heterocycles. The second-order valence-electron chi connectivity index (χ2n) is 16.0. The number of benzene rings is 2. The molecule has 0 unspecified atom stereocenters. The van der Waals surface area contributed by atoms with Crippen LogP contribution in [-0.4, -0.2) is 132 Å². The van der Waals surface area contributed by atoms with Crippen LogP contribution in [0, 0.1) is 17.8 Å². The molecular weight excluding hydrogens is 865 g/mol. The van der Waals surface area contributed by atoms with E-state index in [-0.39, 0.29) is 18.5 Å². The minimum atomic E-state index is -0.972. The van der Waals surface area contributed by atoms with Crippen LogP contribution in [0.4, 0.5) is 0 Å². The highest BCUT2D eigenvalue weighted by Gasteiger charge is 2.20. The fraction of sp³-hybridized carbons (Fsp3) is 0.523. The lowest BCUT2D eigenvalue weighted by atomic mass is 10.1. The summed E-state index contributed by atoms with van der Waals surface area (Å²) in [7, 11) is 0.